The van der Waals surface area contributed by atoms with Crippen LogP contribution >= 0.6 is 35.8 Å². The van der Waals surface area contributed by atoms with Crippen molar-refractivity contribution in [2.75, 3.05) is 6.54 Å². The van der Waals surface area contributed by atoms with E-state index in [9.17, 15) is 4.79 Å². The number of rotatable bonds is 1. The van der Waals surface area contributed by atoms with Crippen molar-refractivity contribution >= 4 is 41.1 Å². The Labute approximate surface area is 144 Å². The molecule has 0 spiro atoms. The molecule has 0 radical (unpaired) electrons. The smallest absolute Gasteiger partial charge is 0.279 e. The van der Waals surface area contributed by atoms with Crippen molar-refractivity contribution in [1.29, 1.82) is 0 Å². The van der Waals surface area contributed by atoms with E-state index >= 15 is 0 Å². The maximum atomic E-state index is 11.7. The number of carbonyl (C=O) groups is 1. The molecule has 3 nitrogen and oxygen atoms in total. The Kier molecular flexibility index (Phi) is 4.52. The van der Waals surface area contributed by atoms with Crippen LogP contribution in [0.15, 0.2) is 42.5 Å². The highest BCUT2D eigenvalue weighted by atomic mass is 35.5. The Balaban J connectivity index is 2.00. The van der Waals surface area contributed by atoms with Crippen molar-refractivity contribution in [2.45, 2.75) is 12.6 Å². The molecular formula is C16H13Cl2NO2S. The van der Waals surface area contributed by atoms with Crippen molar-refractivity contribution in [3.8, 4) is 5.75 Å². The zero-order valence-corrected chi connectivity index (χ0v) is 13.9. The molecule has 1 amide bonds. The van der Waals surface area contributed by atoms with Crippen LogP contribution in [-0.4, -0.2) is 16.7 Å². The molecule has 0 saturated carbocycles. The summed E-state index contributed by atoms with van der Waals surface area (Å²) in [6.07, 6.45) is -0.325. The quantitative estimate of drug-likeness (QED) is 0.732. The molecule has 3 rings (SSSR count). The molecule has 0 saturated heterocycles. The van der Waals surface area contributed by atoms with Crippen molar-refractivity contribution < 1.29 is 9.53 Å². The van der Waals surface area contributed by atoms with Gasteiger partial charge in [-0.2, -0.15) is 0 Å². The Morgan fingerprint density at radius 1 is 1.18 bits per heavy atom. The minimum absolute atomic E-state index is 0.287. The first-order valence-electron chi connectivity index (χ1n) is 6.72. The number of ether oxygens (including phenoxy) is 1. The molecule has 6 heteroatoms. The van der Waals surface area contributed by atoms with Gasteiger partial charge in [0, 0.05) is 5.56 Å². The first-order chi connectivity index (χ1) is 10.5. The summed E-state index contributed by atoms with van der Waals surface area (Å²) in [5.41, 5.74) is 1.82. The van der Waals surface area contributed by atoms with Gasteiger partial charge in [0.2, 0.25) is 0 Å². The fourth-order valence-electron chi connectivity index (χ4n) is 2.44. The normalized spacial score (nSPS) is 17.4. The van der Waals surface area contributed by atoms with Gasteiger partial charge in [-0.05, 0) is 23.8 Å². The fourth-order valence-corrected chi connectivity index (χ4v) is 2.90. The van der Waals surface area contributed by atoms with Gasteiger partial charge in [-0.25, -0.2) is 0 Å². The Hall–Kier alpha value is -1.36. The van der Waals surface area contributed by atoms with E-state index in [0.717, 1.165) is 16.9 Å². The highest BCUT2D eigenvalue weighted by Gasteiger charge is 2.26. The number of benzene rings is 2. The van der Waals surface area contributed by atoms with E-state index in [1.54, 1.807) is 17.0 Å². The summed E-state index contributed by atoms with van der Waals surface area (Å²) in [6, 6.07) is 13.0. The van der Waals surface area contributed by atoms with Gasteiger partial charge >= 0.3 is 0 Å². The van der Waals surface area contributed by atoms with Crippen LogP contribution in [0, 0.1) is 0 Å². The number of nitrogens with zero attached hydrogens (tertiary/aromatic N) is 1. The largest absolute Gasteiger partial charge is 0.484 e. The van der Waals surface area contributed by atoms with E-state index in [2.05, 4.69) is 12.6 Å². The second-order valence-electron chi connectivity index (χ2n) is 5.05. The molecule has 22 heavy (non-hydrogen) atoms. The number of thiol groups is 1. The number of carbonyl (C=O) groups excluding carboxylic acids is 1. The zero-order chi connectivity index (χ0) is 15.7. The van der Waals surface area contributed by atoms with Crippen LogP contribution in [0.1, 0.15) is 17.2 Å². The SMILES string of the molecule is O=C(S)N1Cc2ccccc2OC(c2ccc(Cl)c(Cl)c2)C1. The highest BCUT2D eigenvalue weighted by Crippen LogP contribution is 2.33. The predicted octanol–water partition coefficient (Wildman–Crippen LogP) is 4.98. The molecule has 1 aliphatic heterocycles. The molecule has 1 aliphatic rings. The first kappa shape index (κ1) is 15.5. The molecule has 1 unspecified atom stereocenters. The van der Waals surface area contributed by atoms with E-state index in [1.165, 1.54) is 0 Å². The van der Waals surface area contributed by atoms with Crippen molar-refractivity contribution in [1.82, 2.24) is 4.90 Å². The topological polar surface area (TPSA) is 29.5 Å². The predicted molar refractivity (Wildman–Crippen MR) is 91.1 cm³/mol. The van der Waals surface area contributed by atoms with E-state index in [4.69, 9.17) is 27.9 Å². The third-order valence-corrected chi connectivity index (χ3v) is 4.60. The molecule has 2 aromatic carbocycles. The minimum atomic E-state index is -0.325. The van der Waals surface area contributed by atoms with Crippen LogP contribution in [0.2, 0.25) is 10.0 Å². The van der Waals surface area contributed by atoms with E-state index in [1.807, 2.05) is 30.3 Å². The number of halogens is 2. The van der Waals surface area contributed by atoms with Crippen LogP contribution < -0.4 is 4.74 Å². The lowest BCUT2D eigenvalue weighted by Gasteiger charge is -2.23. The molecular weight excluding hydrogens is 341 g/mol. The molecule has 0 aliphatic carbocycles. The van der Waals surface area contributed by atoms with Crippen LogP contribution in [0.4, 0.5) is 4.79 Å². The summed E-state index contributed by atoms with van der Waals surface area (Å²) in [7, 11) is 0. The van der Waals surface area contributed by atoms with Crippen molar-refractivity contribution in [3.63, 3.8) is 0 Å². The molecule has 1 atom stereocenters. The van der Waals surface area contributed by atoms with Crippen molar-refractivity contribution in [3.05, 3.63) is 63.6 Å². The summed E-state index contributed by atoms with van der Waals surface area (Å²) >= 11 is 16.0. The Bertz CT molecular complexity index is 723. The summed E-state index contributed by atoms with van der Waals surface area (Å²) in [6.45, 7) is 0.866. The average molecular weight is 354 g/mol. The second kappa shape index (κ2) is 6.41. The lowest BCUT2D eigenvalue weighted by molar-refractivity contribution is 0.162. The molecule has 0 bridgehead atoms. The Morgan fingerprint density at radius 3 is 2.68 bits per heavy atom. The third kappa shape index (κ3) is 3.19. The van der Waals surface area contributed by atoms with Crippen LogP contribution in [-0.2, 0) is 6.54 Å². The van der Waals surface area contributed by atoms with Crippen LogP contribution in [0.3, 0.4) is 0 Å². The van der Waals surface area contributed by atoms with Gasteiger partial charge in [0.15, 0.2) is 0 Å². The van der Waals surface area contributed by atoms with Gasteiger partial charge in [0.05, 0.1) is 23.1 Å². The third-order valence-electron chi connectivity index (χ3n) is 3.58. The number of amides is 1. The number of fused-ring (bicyclic) bond motifs is 1. The first-order valence-corrected chi connectivity index (χ1v) is 7.92. The van der Waals surface area contributed by atoms with Crippen molar-refractivity contribution in [2.24, 2.45) is 0 Å². The van der Waals surface area contributed by atoms with E-state index < -0.39 is 0 Å². The maximum absolute atomic E-state index is 11.7. The molecule has 0 fully saturated rings. The van der Waals surface area contributed by atoms with Crippen LogP contribution in [0.5, 0.6) is 5.75 Å². The summed E-state index contributed by atoms with van der Waals surface area (Å²) in [4.78, 5) is 13.4. The molecule has 1 heterocycles. The molecule has 2 aromatic rings. The summed E-state index contributed by atoms with van der Waals surface area (Å²) in [5, 5.41) is 0.663. The fraction of sp³-hybridized carbons (Fsp3) is 0.188. The molecule has 0 aromatic heterocycles. The summed E-state index contributed by atoms with van der Waals surface area (Å²) < 4.78 is 6.09. The van der Waals surface area contributed by atoms with Gasteiger partial charge in [-0.3, -0.25) is 4.79 Å². The number of hydrogen-bond acceptors (Lipinski definition) is 2. The molecule has 0 N–H and O–H groups in total. The van der Waals surface area contributed by atoms with Gasteiger partial charge in [0.1, 0.15) is 11.9 Å². The maximum Gasteiger partial charge on any atom is 0.279 e. The average Bonchev–Trinajstić information content (AvgIpc) is 2.69. The van der Waals surface area contributed by atoms with Gasteiger partial charge in [0.25, 0.3) is 5.24 Å². The number of hydrogen-bond donors (Lipinski definition) is 1. The highest BCUT2D eigenvalue weighted by molar-refractivity contribution is 7.96. The van der Waals surface area contributed by atoms with Gasteiger partial charge in [-0.1, -0.05) is 60.1 Å². The standard InChI is InChI=1S/C16H13Cl2NO2S/c17-12-6-5-10(7-13(12)18)15-9-19(16(20)22)8-11-3-1-2-4-14(11)21-15/h1-7,15H,8-9H2,(H,20,22). The monoisotopic (exact) mass is 353 g/mol. The Morgan fingerprint density at radius 2 is 1.95 bits per heavy atom. The van der Waals surface area contributed by atoms with E-state index in [0.29, 0.717) is 23.1 Å². The van der Waals surface area contributed by atoms with Gasteiger partial charge < -0.3 is 9.64 Å². The second-order valence-corrected chi connectivity index (χ2v) is 6.25. The van der Waals surface area contributed by atoms with Gasteiger partial charge in [-0.15, -0.1) is 0 Å². The lowest BCUT2D eigenvalue weighted by atomic mass is 10.1. The minimum Gasteiger partial charge on any atom is -0.484 e. The van der Waals surface area contributed by atoms with E-state index in [-0.39, 0.29) is 11.3 Å². The summed E-state index contributed by atoms with van der Waals surface area (Å²) in [5.74, 6) is 0.760. The lowest BCUT2D eigenvalue weighted by Crippen LogP contribution is -2.30. The van der Waals surface area contributed by atoms with Crippen LogP contribution in [0.25, 0.3) is 0 Å². The molecule has 114 valence electrons. The number of para-hydroxylation sites is 1. The zero-order valence-electron chi connectivity index (χ0n) is 11.5.